The molecule has 2 aromatic rings. The highest BCUT2D eigenvalue weighted by atomic mass is 32.2. The van der Waals surface area contributed by atoms with Gasteiger partial charge in [0.2, 0.25) is 10.0 Å². The van der Waals surface area contributed by atoms with E-state index in [4.69, 9.17) is 0 Å². The highest BCUT2D eigenvalue weighted by Gasteiger charge is 2.27. The molecule has 0 saturated carbocycles. The summed E-state index contributed by atoms with van der Waals surface area (Å²) in [5.74, 6) is 0. The first-order chi connectivity index (χ1) is 9.95. The molecule has 4 heteroatoms. The van der Waals surface area contributed by atoms with Crippen LogP contribution in [0.15, 0.2) is 47.4 Å². The Morgan fingerprint density at radius 3 is 2.57 bits per heavy atom. The van der Waals surface area contributed by atoms with E-state index < -0.39 is 10.0 Å². The lowest BCUT2D eigenvalue weighted by molar-refractivity contribution is 0.554. The Labute approximate surface area is 126 Å². The van der Waals surface area contributed by atoms with Gasteiger partial charge in [-0.3, -0.25) is 0 Å². The molecule has 0 spiro atoms. The number of rotatable bonds is 3. The highest BCUT2D eigenvalue weighted by molar-refractivity contribution is 7.89. The van der Waals surface area contributed by atoms with Gasteiger partial charge in [0.05, 0.1) is 4.90 Å². The summed E-state index contributed by atoms with van der Waals surface area (Å²) < 4.78 is 27.9. The Morgan fingerprint density at radius 2 is 1.81 bits per heavy atom. The van der Waals surface area contributed by atoms with E-state index in [2.05, 4.69) is 17.7 Å². The smallest absolute Gasteiger partial charge is 0.207 e. The van der Waals surface area contributed by atoms with Crippen molar-refractivity contribution in [3.05, 3.63) is 64.7 Å². The second kappa shape index (κ2) is 5.28. The first-order valence-corrected chi connectivity index (χ1v) is 8.62. The fourth-order valence-corrected chi connectivity index (χ4v) is 4.26. The molecule has 1 N–H and O–H groups in total. The topological polar surface area (TPSA) is 46.2 Å². The lowest BCUT2D eigenvalue weighted by Crippen LogP contribution is -2.27. The van der Waals surface area contributed by atoms with Crippen molar-refractivity contribution in [1.29, 1.82) is 0 Å². The second-order valence-corrected chi connectivity index (χ2v) is 7.45. The van der Waals surface area contributed by atoms with Crippen molar-refractivity contribution in [3.8, 4) is 0 Å². The van der Waals surface area contributed by atoms with Gasteiger partial charge in [-0.15, -0.1) is 0 Å². The van der Waals surface area contributed by atoms with Gasteiger partial charge in [0.15, 0.2) is 0 Å². The minimum Gasteiger partial charge on any atom is -0.207 e. The van der Waals surface area contributed by atoms with Gasteiger partial charge in [0, 0.05) is 6.04 Å². The maximum atomic E-state index is 12.5. The molecule has 110 valence electrons. The standard InChI is InChI=1S/C17H19NO2S/c1-12-4-3-5-15(11-12)21(19,20)18-17-9-7-14-10-13(2)6-8-16(14)17/h3-6,8,10-11,17-18H,7,9H2,1-2H3. The number of benzene rings is 2. The van der Waals surface area contributed by atoms with Crippen LogP contribution in [0.4, 0.5) is 0 Å². The summed E-state index contributed by atoms with van der Waals surface area (Å²) in [5, 5.41) is 0. The molecule has 21 heavy (non-hydrogen) atoms. The molecular formula is C17H19NO2S. The van der Waals surface area contributed by atoms with Crippen LogP contribution < -0.4 is 4.72 Å². The normalized spacial score (nSPS) is 17.7. The molecule has 3 nitrogen and oxygen atoms in total. The van der Waals surface area contributed by atoms with Crippen LogP contribution in [0.1, 0.15) is 34.7 Å². The molecule has 1 aliphatic rings. The van der Waals surface area contributed by atoms with E-state index in [1.165, 1.54) is 11.1 Å². The summed E-state index contributed by atoms with van der Waals surface area (Å²) in [4.78, 5) is 0.336. The molecule has 0 heterocycles. The van der Waals surface area contributed by atoms with Crippen LogP contribution in [-0.4, -0.2) is 8.42 Å². The van der Waals surface area contributed by atoms with Gasteiger partial charge < -0.3 is 0 Å². The monoisotopic (exact) mass is 301 g/mol. The van der Waals surface area contributed by atoms with Gasteiger partial charge >= 0.3 is 0 Å². The largest absolute Gasteiger partial charge is 0.241 e. The zero-order valence-corrected chi connectivity index (χ0v) is 13.1. The first kappa shape index (κ1) is 14.3. The molecule has 0 aromatic heterocycles. The van der Waals surface area contributed by atoms with Crippen molar-refractivity contribution in [2.75, 3.05) is 0 Å². The van der Waals surface area contributed by atoms with Crippen LogP contribution in [-0.2, 0) is 16.4 Å². The van der Waals surface area contributed by atoms with E-state index in [1.807, 2.05) is 25.1 Å². The van der Waals surface area contributed by atoms with Gasteiger partial charge in [-0.1, -0.05) is 35.9 Å². The van der Waals surface area contributed by atoms with Crippen molar-refractivity contribution >= 4 is 10.0 Å². The fourth-order valence-electron chi connectivity index (χ4n) is 2.91. The molecule has 0 radical (unpaired) electrons. The molecule has 1 atom stereocenters. The third-order valence-corrected chi connectivity index (χ3v) is 5.44. The Bertz CT molecular complexity index is 781. The molecule has 1 unspecified atom stereocenters. The Morgan fingerprint density at radius 1 is 1.05 bits per heavy atom. The average molecular weight is 301 g/mol. The maximum absolute atomic E-state index is 12.5. The van der Waals surface area contributed by atoms with Crippen molar-refractivity contribution in [1.82, 2.24) is 4.72 Å². The number of aryl methyl sites for hydroxylation is 3. The predicted octanol–water partition coefficient (Wildman–Crippen LogP) is 3.27. The third-order valence-electron chi connectivity index (χ3n) is 3.97. The van der Waals surface area contributed by atoms with E-state index in [1.54, 1.807) is 18.2 Å². The lowest BCUT2D eigenvalue weighted by Gasteiger charge is -2.15. The SMILES string of the molecule is Cc1cccc(S(=O)(=O)NC2CCc3cc(C)ccc32)c1. The fraction of sp³-hybridized carbons (Fsp3) is 0.294. The van der Waals surface area contributed by atoms with Crippen LogP contribution in [0.2, 0.25) is 0 Å². The van der Waals surface area contributed by atoms with Crippen LogP contribution in [0.25, 0.3) is 0 Å². The van der Waals surface area contributed by atoms with Crippen molar-refractivity contribution < 1.29 is 8.42 Å². The number of hydrogen-bond acceptors (Lipinski definition) is 2. The molecule has 2 aromatic carbocycles. The van der Waals surface area contributed by atoms with E-state index >= 15 is 0 Å². The molecule has 3 rings (SSSR count). The summed E-state index contributed by atoms with van der Waals surface area (Å²) in [6.45, 7) is 3.96. The molecule has 0 aliphatic heterocycles. The van der Waals surface area contributed by atoms with Crippen LogP contribution in [0.3, 0.4) is 0 Å². The molecule has 0 amide bonds. The van der Waals surface area contributed by atoms with Crippen LogP contribution in [0, 0.1) is 13.8 Å². The molecule has 0 fully saturated rings. The number of hydrogen-bond donors (Lipinski definition) is 1. The van der Waals surface area contributed by atoms with Gasteiger partial charge in [-0.2, -0.15) is 0 Å². The first-order valence-electron chi connectivity index (χ1n) is 7.14. The minimum absolute atomic E-state index is 0.119. The van der Waals surface area contributed by atoms with Gasteiger partial charge in [-0.05, 0) is 55.5 Å². The lowest BCUT2D eigenvalue weighted by atomic mass is 10.1. The van der Waals surface area contributed by atoms with Crippen LogP contribution in [0.5, 0.6) is 0 Å². The number of nitrogens with one attached hydrogen (secondary N) is 1. The van der Waals surface area contributed by atoms with Crippen molar-refractivity contribution in [3.63, 3.8) is 0 Å². The maximum Gasteiger partial charge on any atom is 0.241 e. The van der Waals surface area contributed by atoms with E-state index in [0.717, 1.165) is 24.0 Å². The highest BCUT2D eigenvalue weighted by Crippen LogP contribution is 2.32. The number of sulfonamides is 1. The Hall–Kier alpha value is -1.65. The summed E-state index contributed by atoms with van der Waals surface area (Å²) in [7, 11) is -3.47. The van der Waals surface area contributed by atoms with Crippen molar-refractivity contribution in [2.45, 2.75) is 37.6 Å². The third kappa shape index (κ3) is 2.87. The summed E-state index contributed by atoms with van der Waals surface area (Å²) in [6, 6.07) is 13.1. The minimum atomic E-state index is -3.47. The molecule has 0 saturated heterocycles. The van der Waals surface area contributed by atoms with Gasteiger partial charge in [0.1, 0.15) is 0 Å². The zero-order chi connectivity index (χ0) is 15.0. The number of fused-ring (bicyclic) bond motifs is 1. The van der Waals surface area contributed by atoms with E-state index in [-0.39, 0.29) is 6.04 Å². The Balaban J connectivity index is 1.88. The summed E-state index contributed by atoms with van der Waals surface area (Å²) >= 11 is 0. The summed E-state index contributed by atoms with van der Waals surface area (Å²) in [5.41, 5.74) is 4.53. The predicted molar refractivity (Wildman–Crippen MR) is 83.7 cm³/mol. The van der Waals surface area contributed by atoms with E-state index in [0.29, 0.717) is 4.90 Å². The van der Waals surface area contributed by atoms with Crippen LogP contribution >= 0.6 is 0 Å². The average Bonchev–Trinajstić information content (AvgIpc) is 2.80. The zero-order valence-electron chi connectivity index (χ0n) is 12.3. The van der Waals surface area contributed by atoms with Gasteiger partial charge in [0.25, 0.3) is 0 Å². The van der Waals surface area contributed by atoms with Gasteiger partial charge in [-0.25, -0.2) is 13.1 Å². The van der Waals surface area contributed by atoms with E-state index in [9.17, 15) is 8.42 Å². The van der Waals surface area contributed by atoms with Crippen molar-refractivity contribution in [2.24, 2.45) is 0 Å². The Kier molecular flexibility index (Phi) is 3.59. The molecule has 1 aliphatic carbocycles. The summed E-state index contributed by atoms with van der Waals surface area (Å²) in [6.07, 6.45) is 1.75. The molecular weight excluding hydrogens is 282 g/mol. The quantitative estimate of drug-likeness (QED) is 0.945. The second-order valence-electron chi connectivity index (χ2n) is 5.73. The molecule has 0 bridgehead atoms.